The number of carbonyl (C=O) groups excluding carboxylic acids is 1. The molecule has 0 saturated carbocycles. The Labute approximate surface area is 99.6 Å². The monoisotopic (exact) mass is 230 g/mol. The van der Waals surface area contributed by atoms with Gasteiger partial charge in [-0.2, -0.15) is 0 Å². The number of anilines is 1. The van der Waals surface area contributed by atoms with Gasteiger partial charge in [0.05, 0.1) is 6.26 Å². The second-order valence-corrected chi connectivity index (χ2v) is 3.88. The predicted octanol–water partition coefficient (Wildman–Crippen LogP) is 2.13. The zero-order valence-corrected chi connectivity index (χ0v) is 9.59. The van der Waals surface area contributed by atoms with Gasteiger partial charge in [-0.05, 0) is 29.8 Å². The van der Waals surface area contributed by atoms with Crippen molar-refractivity contribution in [2.24, 2.45) is 0 Å². The Morgan fingerprint density at radius 2 is 2.00 bits per heavy atom. The number of nitrogens with two attached hydrogens (primary N) is 1. The van der Waals surface area contributed by atoms with Crippen molar-refractivity contribution in [2.45, 2.75) is 6.54 Å². The molecular weight excluding hydrogens is 216 g/mol. The summed E-state index contributed by atoms with van der Waals surface area (Å²) in [6, 6.07) is 10.8. The van der Waals surface area contributed by atoms with Gasteiger partial charge in [0.1, 0.15) is 0 Å². The van der Waals surface area contributed by atoms with Crippen molar-refractivity contribution < 1.29 is 9.21 Å². The summed E-state index contributed by atoms with van der Waals surface area (Å²) in [5.41, 5.74) is 7.34. The molecule has 1 aromatic heterocycles. The van der Waals surface area contributed by atoms with Crippen molar-refractivity contribution in [2.75, 3.05) is 12.8 Å². The van der Waals surface area contributed by atoms with Gasteiger partial charge >= 0.3 is 0 Å². The summed E-state index contributed by atoms with van der Waals surface area (Å²) >= 11 is 0. The highest BCUT2D eigenvalue weighted by Crippen LogP contribution is 2.10. The summed E-state index contributed by atoms with van der Waals surface area (Å²) in [6.07, 6.45) is 1.49. The molecule has 0 spiro atoms. The molecule has 1 aromatic carbocycles. The molecular formula is C13H14N2O2. The second-order valence-electron chi connectivity index (χ2n) is 3.88. The van der Waals surface area contributed by atoms with Crippen LogP contribution in [0.1, 0.15) is 16.1 Å². The minimum atomic E-state index is -0.133. The quantitative estimate of drug-likeness (QED) is 0.822. The zero-order valence-electron chi connectivity index (χ0n) is 9.59. The van der Waals surface area contributed by atoms with E-state index >= 15 is 0 Å². The lowest BCUT2D eigenvalue weighted by Crippen LogP contribution is -2.25. The van der Waals surface area contributed by atoms with E-state index in [-0.39, 0.29) is 5.91 Å². The van der Waals surface area contributed by atoms with E-state index < -0.39 is 0 Å². The molecule has 0 saturated heterocycles. The first-order valence-corrected chi connectivity index (χ1v) is 5.30. The van der Waals surface area contributed by atoms with Gasteiger partial charge in [0, 0.05) is 19.3 Å². The molecule has 2 aromatic rings. The van der Waals surface area contributed by atoms with Crippen LogP contribution in [0.3, 0.4) is 0 Å². The number of furan rings is 1. The first-order valence-electron chi connectivity index (χ1n) is 5.30. The fourth-order valence-corrected chi connectivity index (χ4v) is 1.56. The highest BCUT2D eigenvalue weighted by Gasteiger charge is 2.14. The zero-order chi connectivity index (χ0) is 12.3. The molecule has 4 heteroatoms. The third-order valence-electron chi connectivity index (χ3n) is 2.48. The summed E-state index contributed by atoms with van der Waals surface area (Å²) in [7, 11) is 1.74. The first kappa shape index (κ1) is 11.3. The van der Waals surface area contributed by atoms with Crippen molar-refractivity contribution >= 4 is 11.6 Å². The average molecular weight is 230 g/mol. The summed E-state index contributed by atoms with van der Waals surface area (Å²) < 4.78 is 5.06. The van der Waals surface area contributed by atoms with E-state index in [9.17, 15) is 4.79 Å². The highest BCUT2D eigenvalue weighted by molar-refractivity contribution is 5.91. The highest BCUT2D eigenvalue weighted by atomic mass is 16.3. The molecule has 2 N–H and O–H groups in total. The van der Waals surface area contributed by atoms with E-state index in [0.29, 0.717) is 18.0 Å². The first-order chi connectivity index (χ1) is 8.16. The average Bonchev–Trinajstić information content (AvgIpc) is 2.84. The minimum absolute atomic E-state index is 0.133. The lowest BCUT2D eigenvalue weighted by molar-refractivity contribution is 0.0753. The molecule has 0 aliphatic rings. The fraction of sp³-hybridized carbons (Fsp3) is 0.154. The van der Waals surface area contributed by atoms with E-state index in [4.69, 9.17) is 10.2 Å². The largest absolute Gasteiger partial charge is 0.459 e. The molecule has 0 radical (unpaired) electrons. The molecule has 0 aliphatic carbocycles. The Hall–Kier alpha value is -2.23. The van der Waals surface area contributed by atoms with Gasteiger partial charge in [0.15, 0.2) is 5.76 Å². The van der Waals surface area contributed by atoms with Gasteiger partial charge in [0.2, 0.25) is 0 Å². The van der Waals surface area contributed by atoms with Crippen molar-refractivity contribution in [3.8, 4) is 0 Å². The summed E-state index contributed by atoms with van der Waals surface area (Å²) in [5.74, 6) is 0.217. The number of benzene rings is 1. The Morgan fingerprint density at radius 1 is 1.29 bits per heavy atom. The molecule has 17 heavy (non-hydrogen) atoms. The molecule has 0 unspecified atom stereocenters. The number of hydrogen-bond acceptors (Lipinski definition) is 3. The topological polar surface area (TPSA) is 59.5 Å². The molecule has 4 nitrogen and oxygen atoms in total. The molecule has 2 rings (SSSR count). The number of amides is 1. The van der Waals surface area contributed by atoms with Gasteiger partial charge in [0.25, 0.3) is 5.91 Å². The van der Waals surface area contributed by atoms with Crippen LogP contribution in [-0.4, -0.2) is 17.9 Å². The standard InChI is InChI=1S/C13H14N2O2/c1-15(13(16)12-3-2-8-17-12)9-10-4-6-11(14)7-5-10/h2-8H,9,14H2,1H3. The lowest BCUT2D eigenvalue weighted by Gasteiger charge is -2.15. The molecule has 1 heterocycles. The van der Waals surface area contributed by atoms with E-state index in [2.05, 4.69) is 0 Å². The van der Waals surface area contributed by atoms with E-state index in [0.717, 1.165) is 5.56 Å². The normalized spacial score (nSPS) is 10.2. The molecule has 1 amide bonds. The minimum Gasteiger partial charge on any atom is -0.459 e. The SMILES string of the molecule is CN(Cc1ccc(N)cc1)C(=O)c1ccco1. The second kappa shape index (κ2) is 4.74. The fourth-order valence-electron chi connectivity index (χ4n) is 1.56. The van der Waals surface area contributed by atoms with Crippen molar-refractivity contribution in [3.63, 3.8) is 0 Å². The predicted molar refractivity (Wildman–Crippen MR) is 65.4 cm³/mol. The van der Waals surface area contributed by atoms with Crippen LogP contribution in [0.4, 0.5) is 5.69 Å². The van der Waals surface area contributed by atoms with E-state index in [1.54, 1.807) is 24.1 Å². The third-order valence-corrected chi connectivity index (χ3v) is 2.48. The van der Waals surface area contributed by atoms with Gasteiger partial charge in [-0.15, -0.1) is 0 Å². The number of nitrogen functional groups attached to an aromatic ring is 1. The van der Waals surface area contributed by atoms with Crippen LogP contribution in [-0.2, 0) is 6.54 Å². The van der Waals surface area contributed by atoms with Crippen LogP contribution in [0, 0.1) is 0 Å². The Bertz CT molecular complexity index is 489. The van der Waals surface area contributed by atoms with Gasteiger partial charge in [-0.1, -0.05) is 12.1 Å². The molecule has 0 atom stereocenters. The Morgan fingerprint density at radius 3 is 2.59 bits per heavy atom. The molecule has 0 fully saturated rings. The van der Waals surface area contributed by atoms with Crippen LogP contribution in [0.2, 0.25) is 0 Å². The number of rotatable bonds is 3. The van der Waals surface area contributed by atoms with Crippen LogP contribution in [0.5, 0.6) is 0 Å². The van der Waals surface area contributed by atoms with E-state index in [1.807, 2.05) is 24.3 Å². The summed E-state index contributed by atoms with van der Waals surface area (Å²) in [6.45, 7) is 0.528. The lowest BCUT2D eigenvalue weighted by atomic mass is 10.2. The molecule has 88 valence electrons. The maximum atomic E-state index is 11.9. The summed E-state index contributed by atoms with van der Waals surface area (Å²) in [5, 5.41) is 0. The number of carbonyl (C=O) groups is 1. The van der Waals surface area contributed by atoms with Gasteiger partial charge in [-0.25, -0.2) is 0 Å². The third kappa shape index (κ3) is 2.66. The van der Waals surface area contributed by atoms with Crippen LogP contribution < -0.4 is 5.73 Å². The maximum absolute atomic E-state index is 11.9. The van der Waals surface area contributed by atoms with Crippen LogP contribution >= 0.6 is 0 Å². The van der Waals surface area contributed by atoms with Crippen LogP contribution in [0.25, 0.3) is 0 Å². The van der Waals surface area contributed by atoms with Crippen molar-refractivity contribution in [1.82, 2.24) is 4.90 Å². The van der Waals surface area contributed by atoms with Crippen molar-refractivity contribution in [1.29, 1.82) is 0 Å². The van der Waals surface area contributed by atoms with Crippen molar-refractivity contribution in [3.05, 3.63) is 54.0 Å². The smallest absolute Gasteiger partial charge is 0.289 e. The van der Waals surface area contributed by atoms with Crippen LogP contribution in [0.15, 0.2) is 47.1 Å². The maximum Gasteiger partial charge on any atom is 0.289 e. The van der Waals surface area contributed by atoms with E-state index in [1.165, 1.54) is 6.26 Å². The Balaban J connectivity index is 2.04. The van der Waals surface area contributed by atoms with Gasteiger partial charge < -0.3 is 15.1 Å². The number of nitrogens with zero attached hydrogens (tertiary/aromatic N) is 1. The number of hydrogen-bond donors (Lipinski definition) is 1. The molecule has 0 bridgehead atoms. The molecule has 0 aliphatic heterocycles. The Kier molecular flexibility index (Phi) is 3.14. The summed E-state index contributed by atoms with van der Waals surface area (Å²) in [4.78, 5) is 13.5. The van der Waals surface area contributed by atoms with Gasteiger partial charge in [-0.3, -0.25) is 4.79 Å².